The molecule has 0 aromatic heterocycles. The smallest absolute Gasteiger partial charge is 0.304 e. The lowest BCUT2D eigenvalue weighted by atomic mass is 10.1. The quantitative estimate of drug-likeness (QED) is 0.648. The molecule has 0 aliphatic rings. The maximum absolute atomic E-state index is 13.3. The Kier molecular flexibility index (Phi) is 4.76. The average Bonchev–Trinajstić information content (AvgIpc) is 2.28. The Morgan fingerprint density at radius 3 is 2.72 bits per heavy atom. The van der Waals surface area contributed by atoms with Crippen LogP contribution < -0.4 is 5.32 Å². The van der Waals surface area contributed by atoms with Gasteiger partial charge in [0.25, 0.3) is 5.91 Å². The van der Waals surface area contributed by atoms with Gasteiger partial charge in [-0.15, -0.1) is 0 Å². The van der Waals surface area contributed by atoms with E-state index in [4.69, 9.17) is 0 Å². The highest BCUT2D eigenvalue weighted by molar-refractivity contribution is 5.94. The van der Waals surface area contributed by atoms with Gasteiger partial charge in [0, 0.05) is 17.7 Å². The van der Waals surface area contributed by atoms with Gasteiger partial charge in [-0.05, 0) is 25.5 Å². The molecule has 0 aliphatic carbocycles. The van der Waals surface area contributed by atoms with E-state index in [1.165, 1.54) is 6.07 Å². The largest absolute Gasteiger partial charge is 0.350 e. The summed E-state index contributed by atoms with van der Waals surface area (Å²) in [5.41, 5.74) is -0.547. The van der Waals surface area contributed by atoms with Crippen LogP contribution in [-0.4, -0.2) is 16.9 Å². The van der Waals surface area contributed by atoms with Crippen LogP contribution in [0.2, 0.25) is 0 Å². The van der Waals surface area contributed by atoms with Crippen molar-refractivity contribution in [3.8, 4) is 0 Å². The van der Waals surface area contributed by atoms with Gasteiger partial charge >= 0.3 is 5.69 Å². The van der Waals surface area contributed by atoms with Gasteiger partial charge in [0.05, 0.1) is 4.92 Å². The third-order valence-electron chi connectivity index (χ3n) is 2.51. The fourth-order valence-corrected chi connectivity index (χ4v) is 1.61. The van der Waals surface area contributed by atoms with Gasteiger partial charge in [0.15, 0.2) is 0 Å². The van der Waals surface area contributed by atoms with Crippen LogP contribution in [0.3, 0.4) is 0 Å². The van der Waals surface area contributed by atoms with Crippen LogP contribution in [0.15, 0.2) is 18.2 Å². The molecule has 0 heterocycles. The van der Waals surface area contributed by atoms with Gasteiger partial charge < -0.3 is 5.32 Å². The molecule has 1 rings (SSSR count). The molecule has 18 heavy (non-hydrogen) atoms. The number of nitrogens with one attached hydrogen (secondary N) is 1. The fraction of sp³-hybridized carbons (Fsp3) is 0.417. The standard InChI is InChI=1S/C12H15FN2O3/c1-3-4-8(2)14-12(16)9-5-6-11(15(17)18)10(13)7-9/h5-8H,3-4H2,1-2H3,(H,14,16). The van der Waals surface area contributed by atoms with Crippen LogP contribution in [0.4, 0.5) is 10.1 Å². The van der Waals surface area contributed by atoms with Crippen molar-refractivity contribution < 1.29 is 14.1 Å². The molecular formula is C12H15FN2O3. The van der Waals surface area contributed by atoms with Gasteiger partial charge in [0.1, 0.15) is 0 Å². The van der Waals surface area contributed by atoms with Crippen molar-refractivity contribution in [3.63, 3.8) is 0 Å². The predicted molar refractivity (Wildman–Crippen MR) is 64.9 cm³/mol. The van der Waals surface area contributed by atoms with Crippen molar-refractivity contribution in [2.75, 3.05) is 0 Å². The molecule has 0 fully saturated rings. The Morgan fingerprint density at radius 1 is 1.56 bits per heavy atom. The van der Waals surface area contributed by atoms with Crippen molar-refractivity contribution in [2.45, 2.75) is 32.7 Å². The van der Waals surface area contributed by atoms with Gasteiger partial charge in [-0.1, -0.05) is 13.3 Å². The molecule has 5 nitrogen and oxygen atoms in total. The predicted octanol–water partition coefficient (Wildman–Crippen LogP) is 2.65. The van der Waals surface area contributed by atoms with Crippen molar-refractivity contribution in [3.05, 3.63) is 39.7 Å². The van der Waals surface area contributed by atoms with Crippen molar-refractivity contribution in [1.29, 1.82) is 0 Å². The number of carbonyl (C=O) groups is 1. The Hall–Kier alpha value is -1.98. The number of nitrogens with zero attached hydrogens (tertiary/aromatic N) is 1. The van der Waals surface area contributed by atoms with Crippen LogP contribution in [0, 0.1) is 15.9 Å². The number of rotatable bonds is 5. The Bertz CT molecular complexity index is 463. The van der Waals surface area contributed by atoms with Gasteiger partial charge in [-0.3, -0.25) is 14.9 Å². The summed E-state index contributed by atoms with van der Waals surface area (Å²) in [6, 6.07) is 3.11. The Morgan fingerprint density at radius 2 is 2.22 bits per heavy atom. The molecule has 1 unspecified atom stereocenters. The van der Waals surface area contributed by atoms with Crippen LogP contribution in [0.25, 0.3) is 0 Å². The highest BCUT2D eigenvalue weighted by atomic mass is 19.1. The first-order valence-corrected chi connectivity index (χ1v) is 5.70. The molecular weight excluding hydrogens is 239 g/mol. The van der Waals surface area contributed by atoms with E-state index in [9.17, 15) is 19.3 Å². The molecule has 0 spiro atoms. The van der Waals surface area contributed by atoms with E-state index in [2.05, 4.69) is 5.32 Å². The number of hydrogen-bond acceptors (Lipinski definition) is 3. The SMILES string of the molecule is CCCC(C)NC(=O)c1ccc([N+](=O)[O-])c(F)c1. The summed E-state index contributed by atoms with van der Waals surface area (Å²) in [6.45, 7) is 3.84. The summed E-state index contributed by atoms with van der Waals surface area (Å²) in [5.74, 6) is -1.43. The Balaban J connectivity index is 2.81. The van der Waals surface area contributed by atoms with E-state index in [1.807, 2.05) is 13.8 Å². The molecule has 0 bridgehead atoms. The zero-order chi connectivity index (χ0) is 13.7. The van der Waals surface area contributed by atoms with Crippen LogP contribution in [0.5, 0.6) is 0 Å². The monoisotopic (exact) mass is 254 g/mol. The second kappa shape index (κ2) is 6.09. The summed E-state index contributed by atoms with van der Waals surface area (Å²) >= 11 is 0. The molecule has 1 aromatic rings. The molecule has 1 amide bonds. The van der Waals surface area contributed by atoms with E-state index in [0.717, 1.165) is 25.0 Å². The zero-order valence-corrected chi connectivity index (χ0v) is 10.3. The molecule has 0 radical (unpaired) electrons. The molecule has 0 saturated heterocycles. The average molecular weight is 254 g/mol. The molecule has 1 aromatic carbocycles. The number of nitro groups is 1. The summed E-state index contributed by atoms with van der Waals surface area (Å²) in [4.78, 5) is 21.3. The number of amides is 1. The maximum atomic E-state index is 13.3. The third-order valence-corrected chi connectivity index (χ3v) is 2.51. The molecule has 98 valence electrons. The van der Waals surface area contributed by atoms with E-state index < -0.39 is 22.3 Å². The van der Waals surface area contributed by atoms with E-state index in [-0.39, 0.29) is 11.6 Å². The topological polar surface area (TPSA) is 72.2 Å². The fourth-order valence-electron chi connectivity index (χ4n) is 1.61. The van der Waals surface area contributed by atoms with Gasteiger partial charge in [-0.25, -0.2) is 0 Å². The number of carbonyl (C=O) groups excluding carboxylic acids is 1. The lowest BCUT2D eigenvalue weighted by Crippen LogP contribution is -2.32. The van der Waals surface area contributed by atoms with Gasteiger partial charge in [-0.2, -0.15) is 4.39 Å². The molecule has 0 saturated carbocycles. The van der Waals surface area contributed by atoms with Crippen LogP contribution in [-0.2, 0) is 0 Å². The summed E-state index contributed by atoms with van der Waals surface area (Å²) in [6.07, 6.45) is 1.75. The second-order valence-electron chi connectivity index (χ2n) is 4.09. The van der Waals surface area contributed by atoms with E-state index in [0.29, 0.717) is 0 Å². The molecule has 0 aliphatic heterocycles. The maximum Gasteiger partial charge on any atom is 0.304 e. The number of halogens is 1. The highest BCUT2D eigenvalue weighted by Gasteiger charge is 2.17. The van der Waals surface area contributed by atoms with Crippen molar-refractivity contribution in [1.82, 2.24) is 5.32 Å². The zero-order valence-electron chi connectivity index (χ0n) is 10.3. The first-order valence-electron chi connectivity index (χ1n) is 5.70. The van der Waals surface area contributed by atoms with Crippen LogP contribution in [0.1, 0.15) is 37.0 Å². The third kappa shape index (κ3) is 3.51. The van der Waals surface area contributed by atoms with Crippen molar-refractivity contribution in [2.24, 2.45) is 0 Å². The minimum atomic E-state index is -1.00. The first kappa shape index (κ1) is 14.1. The Labute approximate surface area is 104 Å². The number of nitro benzene ring substituents is 1. The summed E-state index contributed by atoms with van der Waals surface area (Å²) in [5, 5.41) is 13.1. The summed E-state index contributed by atoms with van der Waals surface area (Å²) < 4.78 is 13.3. The number of hydrogen-bond donors (Lipinski definition) is 1. The number of benzene rings is 1. The molecule has 1 atom stereocenters. The molecule has 6 heteroatoms. The van der Waals surface area contributed by atoms with Crippen LogP contribution >= 0.6 is 0 Å². The van der Waals surface area contributed by atoms with Gasteiger partial charge in [0.2, 0.25) is 5.82 Å². The minimum Gasteiger partial charge on any atom is -0.350 e. The molecule has 1 N–H and O–H groups in total. The lowest BCUT2D eigenvalue weighted by Gasteiger charge is -2.12. The van der Waals surface area contributed by atoms with E-state index in [1.54, 1.807) is 0 Å². The second-order valence-corrected chi connectivity index (χ2v) is 4.09. The lowest BCUT2D eigenvalue weighted by molar-refractivity contribution is -0.387. The highest BCUT2D eigenvalue weighted by Crippen LogP contribution is 2.18. The first-order chi connectivity index (χ1) is 8.45. The minimum absolute atomic E-state index is 0.0132. The summed E-state index contributed by atoms with van der Waals surface area (Å²) in [7, 11) is 0. The van der Waals surface area contributed by atoms with Crippen molar-refractivity contribution >= 4 is 11.6 Å². The normalized spacial score (nSPS) is 11.9. The van der Waals surface area contributed by atoms with E-state index >= 15 is 0 Å².